The number of fused-ring (bicyclic) bond motifs is 3. The van der Waals surface area contributed by atoms with Crippen LogP contribution in [0.5, 0.6) is 0 Å². The van der Waals surface area contributed by atoms with E-state index in [9.17, 15) is 18.7 Å². The molecule has 148 valence electrons. The van der Waals surface area contributed by atoms with Gasteiger partial charge < -0.3 is 15.2 Å². The molecule has 1 fully saturated rings. The first-order valence-corrected chi connectivity index (χ1v) is 9.51. The fourth-order valence-electron chi connectivity index (χ4n) is 4.43. The summed E-state index contributed by atoms with van der Waals surface area (Å²) in [6.45, 7) is 1.54. The maximum atomic E-state index is 13.9. The number of aliphatic hydroxyl groups is 1. The third-order valence-electron chi connectivity index (χ3n) is 5.94. The number of benzene rings is 2. The van der Waals surface area contributed by atoms with Gasteiger partial charge in [-0.25, -0.2) is 13.6 Å². The van der Waals surface area contributed by atoms with Crippen LogP contribution in [0.4, 0.5) is 13.6 Å². The quantitative estimate of drug-likeness (QED) is 0.817. The number of halogens is 2. The van der Waals surface area contributed by atoms with Crippen molar-refractivity contribution in [3.8, 4) is 11.1 Å². The Morgan fingerprint density at radius 3 is 2.29 bits per heavy atom. The highest BCUT2D eigenvalue weighted by Crippen LogP contribution is 2.44. The lowest BCUT2D eigenvalue weighted by atomic mass is 9.78. The van der Waals surface area contributed by atoms with Crippen molar-refractivity contribution in [2.75, 3.05) is 6.61 Å². The summed E-state index contributed by atoms with van der Waals surface area (Å²) in [6, 6.07) is 15.9. The molecule has 0 spiro atoms. The zero-order valence-corrected chi connectivity index (χ0v) is 15.6. The fourth-order valence-corrected chi connectivity index (χ4v) is 4.43. The summed E-state index contributed by atoms with van der Waals surface area (Å²) in [5.41, 5.74) is 2.96. The molecule has 28 heavy (non-hydrogen) atoms. The molecule has 4 rings (SSSR count). The zero-order chi connectivity index (χ0) is 19.9. The molecule has 2 aliphatic rings. The van der Waals surface area contributed by atoms with Crippen molar-refractivity contribution in [1.29, 1.82) is 0 Å². The van der Waals surface area contributed by atoms with E-state index in [0.29, 0.717) is 0 Å². The number of alkyl carbamates (subject to hydrolysis) is 1. The standard InChI is InChI=1S/C22H23F2NO3/c1-21(11-6-12-22(23,24)19(21)26)25-20(27)28-13-18-16-9-4-2-7-14(16)15-8-3-5-10-17(15)18/h2-5,7-10,18-19,26H,6,11-13H2,1H3,(H,25,27)/t19-,21+/m1/s1. The second kappa shape index (κ2) is 6.85. The minimum absolute atomic E-state index is 0.0996. The van der Waals surface area contributed by atoms with E-state index in [0.717, 1.165) is 22.3 Å². The van der Waals surface area contributed by atoms with Gasteiger partial charge in [-0.3, -0.25) is 0 Å². The van der Waals surface area contributed by atoms with Crippen LogP contribution in [0.15, 0.2) is 48.5 Å². The minimum atomic E-state index is -3.22. The Kier molecular flexibility index (Phi) is 4.62. The molecular formula is C22H23F2NO3. The molecule has 2 atom stereocenters. The van der Waals surface area contributed by atoms with Gasteiger partial charge in [-0.1, -0.05) is 48.5 Å². The molecule has 6 heteroatoms. The summed E-state index contributed by atoms with van der Waals surface area (Å²) in [7, 11) is 0. The van der Waals surface area contributed by atoms with E-state index in [1.807, 2.05) is 48.5 Å². The highest BCUT2D eigenvalue weighted by molar-refractivity contribution is 5.79. The van der Waals surface area contributed by atoms with Gasteiger partial charge in [-0.15, -0.1) is 0 Å². The van der Waals surface area contributed by atoms with Crippen molar-refractivity contribution < 1.29 is 23.4 Å². The summed E-state index contributed by atoms with van der Waals surface area (Å²) in [4.78, 5) is 12.4. The number of hydrogen-bond donors (Lipinski definition) is 2. The third-order valence-corrected chi connectivity index (χ3v) is 5.94. The molecule has 2 aromatic rings. The Morgan fingerprint density at radius 1 is 1.11 bits per heavy atom. The minimum Gasteiger partial charge on any atom is -0.449 e. The lowest BCUT2D eigenvalue weighted by Gasteiger charge is -2.42. The molecule has 1 amide bonds. The molecule has 2 N–H and O–H groups in total. The Labute approximate surface area is 162 Å². The van der Waals surface area contributed by atoms with Crippen LogP contribution in [-0.4, -0.2) is 35.4 Å². The van der Waals surface area contributed by atoms with E-state index >= 15 is 0 Å². The van der Waals surface area contributed by atoms with Crippen LogP contribution in [0.1, 0.15) is 43.2 Å². The number of amides is 1. The number of hydrogen-bond acceptors (Lipinski definition) is 3. The Bertz CT molecular complexity index is 855. The lowest BCUT2D eigenvalue weighted by Crippen LogP contribution is -2.63. The SMILES string of the molecule is C[C@]1(NC(=O)OCC2c3ccccc3-c3ccccc32)CCCC(F)(F)[C@@H]1O. The van der Waals surface area contributed by atoms with Gasteiger partial charge in [0.2, 0.25) is 0 Å². The van der Waals surface area contributed by atoms with Crippen molar-refractivity contribution in [3.05, 3.63) is 59.7 Å². The number of alkyl halides is 2. The van der Waals surface area contributed by atoms with Crippen molar-refractivity contribution >= 4 is 6.09 Å². The van der Waals surface area contributed by atoms with Crippen molar-refractivity contribution in [1.82, 2.24) is 5.32 Å². The summed E-state index contributed by atoms with van der Waals surface area (Å²) >= 11 is 0. The molecule has 0 heterocycles. The molecule has 4 nitrogen and oxygen atoms in total. The van der Waals surface area contributed by atoms with Crippen LogP contribution in [0.2, 0.25) is 0 Å². The maximum Gasteiger partial charge on any atom is 0.407 e. The van der Waals surface area contributed by atoms with Gasteiger partial charge >= 0.3 is 6.09 Å². The number of carbonyl (C=O) groups is 1. The first kappa shape index (κ1) is 18.9. The second-order valence-electron chi connectivity index (χ2n) is 7.89. The normalized spacial score (nSPS) is 25.6. The third kappa shape index (κ3) is 3.15. The van der Waals surface area contributed by atoms with Crippen LogP contribution in [0.3, 0.4) is 0 Å². The summed E-state index contributed by atoms with van der Waals surface area (Å²) in [5, 5.41) is 12.5. The van der Waals surface area contributed by atoms with Crippen LogP contribution in [0, 0.1) is 0 Å². The summed E-state index contributed by atoms with van der Waals surface area (Å²) in [5.74, 6) is -3.33. The predicted molar refractivity (Wildman–Crippen MR) is 101 cm³/mol. The Hall–Kier alpha value is -2.47. The van der Waals surface area contributed by atoms with Crippen LogP contribution < -0.4 is 5.32 Å². The van der Waals surface area contributed by atoms with E-state index in [1.54, 1.807) is 0 Å². The van der Waals surface area contributed by atoms with Gasteiger partial charge in [0.15, 0.2) is 0 Å². The van der Waals surface area contributed by atoms with Crippen LogP contribution in [0.25, 0.3) is 11.1 Å². The Balaban J connectivity index is 1.47. The molecule has 2 aliphatic carbocycles. The molecule has 0 unspecified atom stereocenters. The van der Waals surface area contributed by atoms with E-state index in [2.05, 4.69) is 5.32 Å². The number of nitrogens with one attached hydrogen (secondary N) is 1. The number of carbonyl (C=O) groups excluding carboxylic acids is 1. The predicted octanol–water partition coefficient (Wildman–Crippen LogP) is 4.46. The molecule has 0 saturated heterocycles. The van der Waals surface area contributed by atoms with E-state index in [4.69, 9.17) is 4.74 Å². The topological polar surface area (TPSA) is 58.6 Å². The van der Waals surface area contributed by atoms with Crippen LogP contribution >= 0.6 is 0 Å². The van der Waals surface area contributed by atoms with Crippen molar-refractivity contribution in [2.45, 2.75) is 49.7 Å². The molecule has 1 saturated carbocycles. The van der Waals surface area contributed by atoms with Gasteiger partial charge in [0.25, 0.3) is 5.92 Å². The van der Waals surface area contributed by atoms with E-state index in [1.165, 1.54) is 6.92 Å². The molecule has 0 aliphatic heterocycles. The first-order chi connectivity index (χ1) is 13.3. The second-order valence-corrected chi connectivity index (χ2v) is 7.89. The van der Waals surface area contributed by atoms with E-state index in [-0.39, 0.29) is 31.8 Å². The number of ether oxygens (including phenoxy) is 1. The van der Waals surface area contributed by atoms with Gasteiger partial charge in [0.1, 0.15) is 12.7 Å². The van der Waals surface area contributed by atoms with Gasteiger partial charge in [0.05, 0.1) is 5.54 Å². The average Bonchev–Trinajstić information content (AvgIpc) is 2.98. The van der Waals surface area contributed by atoms with Gasteiger partial charge in [0, 0.05) is 12.3 Å². The summed E-state index contributed by atoms with van der Waals surface area (Å²) in [6.07, 6.45) is -2.61. The first-order valence-electron chi connectivity index (χ1n) is 9.51. The highest BCUT2D eigenvalue weighted by Gasteiger charge is 2.53. The fraction of sp³-hybridized carbons (Fsp3) is 0.409. The zero-order valence-electron chi connectivity index (χ0n) is 15.6. The number of aliphatic hydroxyl groups excluding tert-OH is 1. The maximum absolute atomic E-state index is 13.9. The van der Waals surface area contributed by atoms with Crippen LogP contribution in [-0.2, 0) is 4.74 Å². The van der Waals surface area contributed by atoms with E-state index < -0.39 is 23.7 Å². The summed E-state index contributed by atoms with van der Waals surface area (Å²) < 4.78 is 33.1. The largest absolute Gasteiger partial charge is 0.449 e. The Morgan fingerprint density at radius 2 is 1.68 bits per heavy atom. The number of rotatable bonds is 3. The molecule has 2 aromatic carbocycles. The lowest BCUT2D eigenvalue weighted by molar-refractivity contribution is -0.164. The monoisotopic (exact) mass is 387 g/mol. The molecule has 0 bridgehead atoms. The smallest absolute Gasteiger partial charge is 0.407 e. The van der Waals surface area contributed by atoms with Crippen molar-refractivity contribution in [3.63, 3.8) is 0 Å². The average molecular weight is 387 g/mol. The van der Waals surface area contributed by atoms with Gasteiger partial charge in [-0.2, -0.15) is 0 Å². The van der Waals surface area contributed by atoms with Crippen molar-refractivity contribution in [2.24, 2.45) is 0 Å². The molecular weight excluding hydrogens is 364 g/mol. The van der Waals surface area contributed by atoms with Gasteiger partial charge in [-0.05, 0) is 42.0 Å². The molecule has 0 aromatic heterocycles. The molecule has 0 radical (unpaired) electrons. The highest BCUT2D eigenvalue weighted by atomic mass is 19.3.